The standard InChI is InChI=1S/C15H20F3N/c16-15(17,18)13-7-8-14(19)12(10-13)9-11-5-3-1-2-4-6-11/h7-8,10-11H,1-6,9,19H2. The lowest BCUT2D eigenvalue weighted by Crippen LogP contribution is -2.10. The van der Waals surface area contributed by atoms with Gasteiger partial charge in [-0.2, -0.15) is 13.2 Å². The summed E-state index contributed by atoms with van der Waals surface area (Å²) >= 11 is 0. The largest absolute Gasteiger partial charge is 0.416 e. The third kappa shape index (κ3) is 3.88. The van der Waals surface area contributed by atoms with Gasteiger partial charge in [0, 0.05) is 5.69 Å². The SMILES string of the molecule is Nc1ccc(C(F)(F)F)cc1CC1CCCCCC1. The average Bonchev–Trinajstić information content (AvgIpc) is 2.59. The fourth-order valence-electron chi connectivity index (χ4n) is 2.84. The van der Waals surface area contributed by atoms with Gasteiger partial charge in [-0.15, -0.1) is 0 Å². The van der Waals surface area contributed by atoms with Gasteiger partial charge in [-0.3, -0.25) is 0 Å². The molecule has 1 aliphatic rings. The van der Waals surface area contributed by atoms with Gasteiger partial charge in [-0.1, -0.05) is 38.5 Å². The Morgan fingerprint density at radius 1 is 1.05 bits per heavy atom. The maximum atomic E-state index is 12.7. The topological polar surface area (TPSA) is 26.0 Å². The molecule has 0 heterocycles. The van der Waals surface area contributed by atoms with Crippen molar-refractivity contribution in [3.63, 3.8) is 0 Å². The fourth-order valence-corrected chi connectivity index (χ4v) is 2.84. The van der Waals surface area contributed by atoms with E-state index in [9.17, 15) is 13.2 Å². The number of hydrogen-bond acceptors (Lipinski definition) is 1. The maximum absolute atomic E-state index is 12.7. The van der Waals surface area contributed by atoms with Crippen molar-refractivity contribution in [3.8, 4) is 0 Å². The summed E-state index contributed by atoms with van der Waals surface area (Å²) in [5, 5.41) is 0. The molecule has 1 aromatic carbocycles. The van der Waals surface area contributed by atoms with Crippen molar-refractivity contribution in [2.45, 2.75) is 51.1 Å². The van der Waals surface area contributed by atoms with Gasteiger partial charge in [0.2, 0.25) is 0 Å². The van der Waals surface area contributed by atoms with Crippen molar-refractivity contribution in [2.75, 3.05) is 5.73 Å². The summed E-state index contributed by atoms with van der Waals surface area (Å²) in [6.45, 7) is 0. The second-order valence-electron chi connectivity index (χ2n) is 5.47. The van der Waals surface area contributed by atoms with Gasteiger partial charge >= 0.3 is 6.18 Å². The Morgan fingerprint density at radius 3 is 2.26 bits per heavy atom. The van der Waals surface area contributed by atoms with Crippen molar-refractivity contribution < 1.29 is 13.2 Å². The Morgan fingerprint density at radius 2 is 1.68 bits per heavy atom. The minimum atomic E-state index is -4.29. The van der Waals surface area contributed by atoms with E-state index in [0.717, 1.165) is 18.9 Å². The van der Waals surface area contributed by atoms with Crippen molar-refractivity contribution >= 4 is 5.69 Å². The molecule has 0 atom stereocenters. The van der Waals surface area contributed by atoms with Crippen molar-refractivity contribution in [2.24, 2.45) is 5.92 Å². The van der Waals surface area contributed by atoms with E-state index in [1.165, 1.54) is 37.8 Å². The molecule has 2 N–H and O–H groups in total. The highest BCUT2D eigenvalue weighted by atomic mass is 19.4. The third-order valence-electron chi connectivity index (χ3n) is 3.95. The van der Waals surface area contributed by atoms with Crippen LogP contribution in [-0.2, 0) is 12.6 Å². The van der Waals surface area contributed by atoms with E-state index < -0.39 is 11.7 Å². The van der Waals surface area contributed by atoms with E-state index in [1.807, 2.05) is 0 Å². The molecule has 1 fully saturated rings. The monoisotopic (exact) mass is 271 g/mol. The molecule has 0 aromatic heterocycles. The zero-order valence-corrected chi connectivity index (χ0v) is 11.0. The highest BCUT2D eigenvalue weighted by molar-refractivity contribution is 5.49. The lowest BCUT2D eigenvalue weighted by molar-refractivity contribution is -0.137. The van der Waals surface area contributed by atoms with Crippen molar-refractivity contribution in [3.05, 3.63) is 29.3 Å². The molecule has 0 unspecified atom stereocenters. The molecule has 0 spiro atoms. The van der Waals surface area contributed by atoms with Crippen LogP contribution in [0.2, 0.25) is 0 Å². The van der Waals surface area contributed by atoms with Crippen LogP contribution < -0.4 is 5.73 Å². The Balaban J connectivity index is 2.14. The van der Waals surface area contributed by atoms with E-state index in [1.54, 1.807) is 0 Å². The number of rotatable bonds is 2. The van der Waals surface area contributed by atoms with Crippen LogP contribution in [0.25, 0.3) is 0 Å². The summed E-state index contributed by atoms with van der Waals surface area (Å²) in [5.41, 5.74) is 6.37. The molecular weight excluding hydrogens is 251 g/mol. The molecule has 0 bridgehead atoms. The van der Waals surface area contributed by atoms with E-state index in [0.29, 0.717) is 23.6 Å². The van der Waals surface area contributed by atoms with E-state index >= 15 is 0 Å². The molecule has 0 amide bonds. The Bertz CT molecular complexity index is 418. The molecule has 0 saturated heterocycles. The van der Waals surface area contributed by atoms with Crippen LogP contribution in [0.3, 0.4) is 0 Å². The van der Waals surface area contributed by atoms with Crippen LogP contribution in [0, 0.1) is 5.92 Å². The summed E-state index contributed by atoms with van der Waals surface area (Å²) in [7, 11) is 0. The molecule has 1 saturated carbocycles. The predicted octanol–water partition coefficient (Wildman–Crippen LogP) is 4.80. The molecule has 106 valence electrons. The summed E-state index contributed by atoms with van der Waals surface area (Å²) in [6, 6.07) is 3.67. The highest BCUT2D eigenvalue weighted by Crippen LogP contribution is 2.33. The molecule has 4 heteroatoms. The van der Waals surface area contributed by atoms with Crippen LogP contribution in [0.4, 0.5) is 18.9 Å². The molecule has 0 aliphatic heterocycles. The second-order valence-corrected chi connectivity index (χ2v) is 5.47. The molecule has 0 radical (unpaired) electrons. The lowest BCUT2D eigenvalue weighted by Gasteiger charge is -2.17. The first-order valence-electron chi connectivity index (χ1n) is 6.92. The first kappa shape index (κ1) is 14.2. The zero-order valence-electron chi connectivity index (χ0n) is 11.0. The summed E-state index contributed by atoms with van der Waals surface area (Å²) in [5.74, 6) is 0.480. The Kier molecular flexibility index (Phi) is 4.38. The second kappa shape index (κ2) is 5.85. The number of alkyl halides is 3. The Hall–Kier alpha value is -1.19. The number of anilines is 1. The fraction of sp³-hybridized carbons (Fsp3) is 0.600. The van der Waals surface area contributed by atoms with Crippen LogP contribution in [-0.4, -0.2) is 0 Å². The zero-order chi connectivity index (χ0) is 13.9. The van der Waals surface area contributed by atoms with Gasteiger partial charge in [0.15, 0.2) is 0 Å². The Labute approximate surface area is 112 Å². The van der Waals surface area contributed by atoms with Crippen LogP contribution in [0.15, 0.2) is 18.2 Å². The van der Waals surface area contributed by atoms with Crippen molar-refractivity contribution in [1.29, 1.82) is 0 Å². The molecular formula is C15H20F3N. The number of nitrogens with two attached hydrogens (primary N) is 1. The van der Waals surface area contributed by atoms with Crippen LogP contribution >= 0.6 is 0 Å². The quantitative estimate of drug-likeness (QED) is 0.606. The average molecular weight is 271 g/mol. The van der Waals surface area contributed by atoms with Crippen LogP contribution in [0.1, 0.15) is 49.7 Å². The van der Waals surface area contributed by atoms with Crippen LogP contribution in [0.5, 0.6) is 0 Å². The molecule has 1 aromatic rings. The minimum Gasteiger partial charge on any atom is -0.399 e. The normalized spacial score (nSPS) is 18.3. The third-order valence-corrected chi connectivity index (χ3v) is 3.95. The van der Waals surface area contributed by atoms with E-state index in [-0.39, 0.29) is 0 Å². The smallest absolute Gasteiger partial charge is 0.399 e. The minimum absolute atomic E-state index is 0.480. The van der Waals surface area contributed by atoms with Gasteiger partial charge in [0.05, 0.1) is 5.56 Å². The molecule has 19 heavy (non-hydrogen) atoms. The summed E-state index contributed by atoms with van der Waals surface area (Å²) < 4.78 is 38.1. The van der Waals surface area contributed by atoms with Gasteiger partial charge < -0.3 is 5.73 Å². The number of hydrogen-bond donors (Lipinski definition) is 1. The first-order valence-corrected chi connectivity index (χ1v) is 6.92. The predicted molar refractivity (Wildman–Crippen MR) is 70.8 cm³/mol. The molecule has 1 nitrogen and oxygen atoms in total. The summed E-state index contributed by atoms with van der Waals surface area (Å²) in [4.78, 5) is 0. The van der Waals surface area contributed by atoms with Crippen molar-refractivity contribution in [1.82, 2.24) is 0 Å². The van der Waals surface area contributed by atoms with Gasteiger partial charge in [0.25, 0.3) is 0 Å². The maximum Gasteiger partial charge on any atom is 0.416 e. The van der Waals surface area contributed by atoms with Gasteiger partial charge in [-0.25, -0.2) is 0 Å². The van der Waals surface area contributed by atoms with Gasteiger partial charge in [-0.05, 0) is 36.1 Å². The highest BCUT2D eigenvalue weighted by Gasteiger charge is 2.31. The molecule has 2 rings (SSSR count). The number of nitrogen functional groups attached to an aromatic ring is 1. The van der Waals surface area contributed by atoms with E-state index in [4.69, 9.17) is 5.73 Å². The number of halogens is 3. The molecule has 1 aliphatic carbocycles. The van der Waals surface area contributed by atoms with Gasteiger partial charge in [0.1, 0.15) is 0 Å². The summed E-state index contributed by atoms with van der Waals surface area (Å²) in [6.07, 6.45) is 3.46. The van der Waals surface area contributed by atoms with E-state index in [2.05, 4.69) is 0 Å². The number of benzene rings is 1. The first-order chi connectivity index (χ1) is 8.97. The lowest BCUT2D eigenvalue weighted by atomic mass is 9.91.